The van der Waals surface area contributed by atoms with Gasteiger partial charge in [-0.15, -0.1) is 0 Å². The second-order valence-electron chi connectivity index (χ2n) is 8.44. The van der Waals surface area contributed by atoms with E-state index in [1.54, 1.807) is 12.4 Å². The van der Waals surface area contributed by atoms with Gasteiger partial charge in [0, 0.05) is 32.3 Å². The molecule has 0 aliphatic carbocycles. The van der Waals surface area contributed by atoms with Gasteiger partial charge >= 0.3 is 0 Å². The molecule has 2 aromatic rings. The standard InChI is InChI=1S/C23H28N4O2/c1-18-14-25-20(15-24-18)16-27-17-23(8-7-21(27)28)9-11-26(12-10-23)22(29)13-19-5-3-2-4-6-19/h2-6,14-15H,7-13,16-17H2,1H3. The minimum atomic E-state index is 0.121. The lowest BCUT2D eigenvalue weighted by Gasteiger charge is -2.47. The van der Waals surface area contributed by atoms with Crippen LogP contribution in [0.5, 0.6) is 0 Å². The van der Waals surface area contributed by atoms with Crippen LogP contribution in [0.1, 0.15) is 42.6 Å². The molecule has 1 spiro atoms. The average Bonchev–Trinajstić information content (AvgIpc) is 2.74. The normalized spacial score (nSPS) is 18.9. The lowest BCUT2D eigenvalue weighted by molar-refractivity contribution is -0.143. The number of aryl methyl sites for hydroxylation is 1. The molecule has 152 valence electrons. The smallest absolute Gasteiger partial charge is 0.226 e. The first kappa shape index (κ1) is 19.6. The molecule has 1 aromatic carbocycles. The highest BCUT2D eigenvalue weighted by Crippen LogP contribution is 2.40. The van der Waals surface area contributed by atoms with E-state index in [0.29, 0.717) is 19.4 Å². The molecule has 0 radical (unpaired) electrons. The number of amides is 2. The van der Waals surface area contributed by atoms with Crippen molar-refractivity contribution in [1.29, 1.82) is 0 Å². The van der Waals surface area contributed by atoms with Crippen LogP contribution in [-0.2, 0) is 22.6 Å². The van der Waals surface area contributed by atoms with E-state index in [-0.39, 0.29) is 17.2 Å². The van der Waals surface area contributed by atoms with Gasteiger partial charge in [-0.1, -0.05) is 30.3 Å². The highest BCUT2D eigenvalue weighted by Gasteiger charge is 2.41. The van der Waals surface area contributed by atoms with Gasteiger partial charge in [0.05, 0.1) is 30.6 Å². The molecule has 4 rings (SSSR count). The Balaban J connectivity index is 1.35. The van der Waals surface area contributed by atoms with E-state index >= 15 is 0 Å². The molecule has 0 atom stereocenters. The summed E-state index contributed by atoms with van der Waals surface area (Å²) in [7, 11) is 0. The molecule has 6 nitrogen and oxygen atoms in total. The molecule has 2 fully saturated rings. The summed E-state index contributed by atoms with van der Waals surface area (Å²) in [5.74, 6) is 0.394. The Bertz CT molecular complexity index is 858. The van der Waals surface area contributed by atoms with Crippen LogP contribution in [-0.4, -0.2) is 51.2 Å². The van der Waals surface area contributed by atoms with Crippen molar-refractivity contribution in [3.8, 4) is 0 Å². The van der Waals surface area contributed by atoms with Crippen molar-refractivity contribution in [2.24, 2.45) is 5.41 Å². The van der Waals surface area contributed by atoms with Crippen molar-refractivity contribution in [3.05, 3.63) is 59.7 Å². The van der Waals surface area contributed by atoms with Crippen molar-refractivity contribution >= 4 is 11.8 Å². The third-order valence-electron chi connectivity index (χ3n) is 6.31. The van der Waals surface area contributed by atoms with Crippen LogP contribution in [0.4, 0.5) is 0 Å². The van der Waals surface area contributed by atoms with Gasteiger partial charge in [0.1, 0.15) is 0 Å². The van der Waals surface area contributed by atoms with E-state index in [1.807, 2.05) is 47.1 Å². The number of piperidine rings is 2. The highest BCUT2D eigenvalue weighted by molar-refractivity contribution is 5.79. The zero-order valence-corrected chi connectivity index (χ0v) is 17.0. The molecule has 0 unspecified atom stereocenters. The zero-order chi connectivity index (χ0) is 20.3. The maximum Gasteiger partial charge on any atom is 0.226 e. The minimum Gasteiger partial charge on any atom is -0.342 e. The Morgan fingerprint density at radius 2 is 1.83 bits per heavy atom. The Morgan fingerprint density at radius 3 is 2.52 bits per heavy atom. The first-order chi connectivity index (χ1) is 14.0. The second-order valence-corrected chi connectivity index (χ2v) is 8.44. The first-order valence-electron chi connectivity index (χ1n) is 10.4. The van der Waals surface area contributed by atoms with E-state index in [2.05, 4.69) is 9.97 Å². The largest absolute Gasteiger partial charge is 0.342 e. The highest BCUT2D eigenvalue weighted by atomic mass is 16.2. The number of aromatic nitrogens is 2. The molecule has 0 saturated carbocycles. The number of carbonyl (C=O) groups excluding carboxylic acids is 2. The molecule has 1 aromatic heterocycles. The van der Waals surface area contributed by atoms with Gasteiger partial charge in [0.2, 0.25) is 11.8 Å². The van der Waals surface area contributed by atoms with Crippen LogP contribution in [0.15, 0.2) is 42.7 Å². The first-order valence-corrected chi connectivity index (χ1v) is 10.4. The van der Waals surface area contributed by atoms with Crippen LogP contribution < -0.4 is 0 Å². The molecule has 6 heteroatoms. The van der Waals surface area contributed by atoms with Gasteiger partial charge in [0.15, 0.2) is 0 Å². The predicted octanol–water partition coefficient (Wildman–Crippen LogP) is 2.76. The fourth-order valence-electron chi connectivity index (χ4n) is 4.46. The third kappa shape index (κ3) is 4.63. The summed E-state index contributed by atoms with van der Waals surface area (Å²) < 4.78 is 0. The number of benzene rings is 1. The summed E-state index contributed by atoms with van der Waals surface area (Å²) in [5, 5.41) is 0. The lowest BCUT2D eigenvalue weighted by atomic mass is 9.72. The van der Waals surface area contributed by atoms with Crippen molar-refractivity contribution < 1.29 is 9.59 Å². The molecule has 0 N–H and O–H groups in total. The van der Waals surface area contributed by atoms with Gasteiger partial charge in [-0.25, -0.2) is 0 Å². The van der Waals surface area contributed by atoms with Gasteiger partial charge in [-0.2, -0.15) is 0 Å². The van der Waals surface area contributed by atoms with E-state index in [4.69, 9.17) is 0 Å². The SMILES string of the molecule is Cc1cnc(CN2CC3(CCC2=O)CCN(C(=O)Cc2ccccc2)CC3)cn1. The summed E-state index contributed by atoms with van der Waals surface area (Å²) in [6.45, 7) is 4.73. The number of carbonyl (C=O) groups is 2. The molecule has 29 heavy (non-hydrogen) atoms. The summed E-state index contributed by atoms with van der Waals surface area (Å²) in [5.41, 5.74) is 2.89. The van der Waals surface area contributed by atoms with Crippen LogP contribution in [0.2, 0.25) is 0 Å². The van der Waals surface area contributed by atoms with E-state index < -0.39 is 0 Å². The van der Waals surface area contributed by atoms with Crippen molar-refractivity contribution in [2.45, 2.75) is 45.6 Å². The zero-order valence-electron chi connectivity index (χ0n) is 17.0. The van der Waals surface area contributed by atoms with Gasteiger partial charge < -0.3 is 9.80 Å². The topological polar surface area (TPSA) is 66.4 Å². The fraction of sp³-hybridized carbons (Fsp3) is 0.478. The summed E-state index contributed by atoms with van der Waals surface area (Å²) in [4.78, 5) is 37.8. The summed E-state index contributed by atoms with van der Waals surface area (Å²) in [6.07, 6.45) is 7.38. The van der Waals surface area contributed by atoms with Gasteiger partial charge in [-0.05, 0) is 37.2 Å². The number of hydrogen-bond donors (Lipinski definition) is 0. The third-order valence-corrected chi connectivity index (χ3v) is 6.31. The second kappa shape index (κ2) is 8.31. The number of rotatable bonds is 4. The van der Waals surface area contributed by atoms with Crippen molar-refractivity contribution in [3.63, 3.8) is 0 Å². The predicted molar refractivity (Wildman–Crippen MR) is 110 cm³/mol. The molecule has 2 amide bonds. The number of nitrogens with zero attached hydrogens (tertiary/aromatic N) is 4. The van der Waals surface area contributed by atoms with Crippen LogP contribution in [0, 0.1) is 12.3 Å². The van der Waals surface area contributed by atoms with E-state index in [0.717, 1.165) is 55.8 Å². The van der Waals surface area contributed by atoms with Crippen LogP contribution >= 0.6 is 0 Å². The Morgan fingerprint density at radius 1 is 1.07 bits per heavy atom. The van der Waals surface area contributed by atoms with Crippen molar-refractivity contribution in [2.75, 3.05) is 19.6 Å². The number of hydrogen-bond acceptors (Lipinski definition) is 4. The molecular formula is C23H28N4O2. The average molecular weight is 393 g/mol. The molecule has 0 bridgehead atoms. The Hall–Kier alpha value is -2.76. The van der Waals surface area contributed by atoms with E-state index in [9.17, 15) is 9.59 Å². The molecule has 3 heterocycles. The summed E-state index contributed by atoms with van der Waals surface area (Å²) in [6, 6.07) is 9.92. The van der Waals surface area contributed by atoms with E-state index in [1.165, 1.54) is 0 Å². The molecule has 2 aliphatic rings. The van der Waals surface area contributed by atoms with Gasteiger partial charge in [0.25, 0.3) is 0 Å². The maximum absolute atomic E-state index is 12.7. The summed E-state index contributed by atoms with van der Waals surface area (Å²) >= 11 is 0. The Kier molecular flexibility index (Phi) is 5.60. The van der Waals surface area contributed by atoms with Crippen LogP contribution in [0.3, 0.4) is 0 Å². The monoisotopic (exact) mass is 392 g/mol. The van der Waals surface area contributed by atoms with Crippen molar-refractivity contribution in [1.82, 2.24) is 19.8 Å². The molecule has 2 saturated heterocycles. The number of likely N-dealkylation sites (tertiary alicyclic amines) is 2. The Labute approximate surface area is 172 Å². The molecular weight excluding hydrogens is 364 g/mol. The molecule has 2 aliphatic heterocycles. The fourth-order valence-corrected chi connectivity index (χ4v) is 4.46. The maximum atomic E-state index is 12.7. The minimum absolute atomic E-state index is 0.121. The lowest BCUT2D eigenvalue weighted by Crippen LogP contribution is -2.52. The van der Waals surface area contributed by atoms with Gasteiger partial charge in [-0.3, -0.25) is 19.6 Å². The van der Waals surface area contributed by atoms with Crippen LogP contribution in [0.25, 0.3) is 0 Å². The quantitative estimate of drug-likeness (QED) is 0.802.